The van der Waals surface area contributed by atoms with Crippen molar-refractivity contribution < 1.29 is 19.0 Å². The van der Waals surface area contributed by atoms with Crippen molar-refractivity contribution >= 4 is 11.6 Å². The maximum Gasteiger partial charge on any atom is 0.242 e. The Hall–Kier alpha value is -3.33. The van der Waals surface area contributed by atoms with Crippen molar-refractivity contribution in [2.24, 2.45) is 10.9 Å². The Morgan fingerprint density at radius 2 is 1.93 bits per heavy atom. The van der Waals surface area contributed by atoms with E-state index in [4.69, 9.17) is 14.2 Å². The number of nitrogens with zero attached hydrogens (tertiary/aromatic N) is 2. The zero-order chi connectivity index (χ0) is 21.1. The fourth-order valence-corrected chi connectivity index (χ4v) is 3.39. The number of carbonyl (C=O) groups is 1. The predicted octanol–water partition coefficient (Wildman–Crippen LogP) is 4.24. The van der Waals surface area contributed by atoms with Gasteiger partial charge in [-0.3, -0.25) is 4.79 Å². The molecule has 154 valence electrons. The Kier molecular flexibility index (Phi) is 5.71. The standard InChI is InChI=1S/C24H24N2O4/c1-15(26-16(2)27)23-10-18-5-7-22(11-24(18)30-23)29-14-19-6-8-21(9-20(19)12-25)28-13-17-3-4-17/h5-9,11,17,23H,3-4,10,13-14H2,1-2H3/t23-/m0/s1. The monoisotopic (exact) mass is 404 g/mol. The molecular weight excluding hydrogens is 380 g/mol. The molecular formula is C24H24N2O4. The molecule has 2 aromatic rings. The van der Waals surface area contributed by atoms with Crippen LogP contribution < -0.4 is 14.2 Å². The van der Waals surface area contributed by atoms with Gasteiger partial charge in [0.15, 0.2) is 0 Å². The summed E-state index contributed by atoms with van der Waals surface area (Å²) in [6, 6.07) is 13.5. The zero-order valence-corrected chi connectivity index (χ0v) is 17.2. The van der Waals surface area contributed by atoms with Crippen LogP contribution in [0.25, 0.3) is 0 Å². The van der Waals surface area contributed by atoms with E-state index in [1.807, 2.05) is 30.3 Å². The topological polar surface area (TPSA) is 80.9 Å². The number of amides is 1. The van der Waals surface area contributed by atoms with Gasteiger partial charge in [-0.2, -0.15) is 5.26 Å². The number of aliphatic imine (C=N–C) groups is 1. The van der Waals surface area contributed by atoms with E-state index in [0.29, 0.717) is 36.0 Å². The number of carbonyl (C=O) groups excluding carboxylic acids is 1. The lowest BCUT2D eigenvalue weighted by molar-refractivity contribution is -0.115. The highest BCUT2D eigenvalue weighted by atomic mass is 16.5. The van der Waals surface area contributed by atoms with Gasteiger partial charge < -0.3 is 14.2 Å². The second kappa shape index (κ2) is 8.58. The van der Waals surface area contributed by atoms with Crippen LogP contribution in [0.15, 0.2) is 41.4 Å². The molecule has 2 aliphatic rings. The van der Waals surface area contributed by atoms with Crippen LogP contribution in [0, 0.1) is 17.2 Å². The largest absolute Gasteiger partial charge is 0.493 e. The Bertz CT molecular complexity index is 1030. The fraction of sp³-hybridized carbons (Fsp3) is 0.375. The number of fused-ring (bicyclic) bond motifs is 1. The Balaban J connectivity index is 1.39. The van der Waals surface area contributed by atoms with Crippen molar-refractivity contribution in [2.75, 3.05) is 6.61 Å². The van der Waals surface area contributed by atoms with Crippen LogP contribution in [0.2, 0.25) is 0 Å². The van der Waals surface area contributed by atoms with E-state index in [9.17, 15) is 10.1 Å². The van der Waals surface area contributed by atoms with E-state index in [1.165, 1.54) is 19.8 Å². The first-order chi connectivity index (χ1) is 14.5. The summed E-state index contributed by atoms with van der Waals surface area (Å²) < 4.78 is 17.6. The third-order valence-electron chi connectivity index (χ3n) is 5.29. The highest BCUT2D eigenvalue weighted by Crippen LogP contribution is 2.34. The number of rotatable bonds is 7. The van der Waals surface area contributed by atoms with Crippen LogP contribution in [0.3, 0.4) is 0 Å². The Morgan fingerprint density at radius 3 is 2.67 bits per heavy atom. The molecule has 1 amide bonds. The van der Waals surface area contributed by atoms with Gasteiger partial charge in [-0.05, 0) is 49.4 Å². The van der Waals surface area contributed by atoms with Crippen molar-refractivity contribution in [3.8, 4) is 23.3 Å². The summed E-state index contributed by atoms with van der Waals surface area (Å²) in [6.07, 6.45) is 2.91. The summed E-state index contributed by atoms with van der Waals surface area (Å²) in [7, 11) is 0. The number of hydrogen-bond donors (Lipinski definition) is 0. The zero-order valence-electron chi connectivity index (χ0n) is 17.2. The SMILES string of the molecule is CC(=O)N=C(C)[C@@H]1Cc2ccc(OCc3ccc(OCC4CC4)cc3C#N)cc2O1. The van der Waals surface area contributed by atoms with E-state index >= 15 is 0 Å². The highest BCUT2D eigenvalue weighted by molar-refractivity contribution is 5.96. The Labute approximate surface area is 176 Å². The third-order valence-corrected chi connectivity index (χ3v) is 5.29. The van der Waals surface area contributed by atoms with E-state index in [1.54, 1.807) is 13.0 Å². The normalized spacial score (nSPS) is 17.6. The molecule has 4 rings (SSSR count). The third kappa shape index (κ3) is 4.80. The fourth-order valence-electron chi connectivity index (χ4n) is 3.39. The van der Waals surface area contributed by atoms with Gasteiger partial charge in [0.2, 0.25) is 5.91 Å². The van der Waals surface area contributed by atoms with E-state index in [0.717, 1.165) is 22.6 Å². The molecule has 0 N–H and O–H groups in total. The number of benzene rings is 2. The van der Waals surface area contributed by atoms with Crippen molar-refractivity contribution in [3.05, 3.63) is 53.1 Å². The summed E-state index contributed by atoms with van der Waals surface area (Å²) in [5.74, 6) is 2.56. The maximum atomic E-state index is 11.2. The average molecular weight is 404 g/mol. The molecule has 0 bridgehead atoms. The lowest BCUT2D eigenvalue weighted by Crippen LogP contribution is -2.23. The van der Waals surface area contributed by atoms with Crippen LogP contribution in [0.1, 0.15) is 43.4 Å². The number of ether oxygens (including phenoxy) is 3. The quantitative estimate of drug-likeness (QED) is 0.645. The molecule has 1 atom stereocenters. The van der Waals surface area contributed by atoms with Crippen molar-refractivity contribution in [3.63, 3.8) is 0 Å². The smallest absolute Gasteiger partial charge is 0.242 e. The van der Waals surface area contributed by atoms with E-state index in [-0.39, 0.29) is 18.6 Å². The summed E-state index contributed by atoms with van der Waals surface area (Å²) in [5.41, 5.74) is 3.08. The lowest BCUT2D eigenvalue weighted by atomic mass is 10.1. The maximum absolute atomic E-state index is 11.2. The molecule has 0 unspecified atom stereocenters. The molecule has 0 radical (unpaired) electrons. The van der Waals surface area contributed by atoms with Crippen LogP contribution in [-0.4, -0.2) is 24.3 Å². The molecule has 6 heteroatoms. The van der Waals surface area contributed by atoms with Crippen molar-refractivity contribution in [1.29, 1.82) is 5.26 Å². The second-order valence-corrected chi connectivity index (χ2v) is 7.83. The molecule has 2 aromatic carbocycles. The second-order valence-electron chi connectivity index (χ2n) is 7.83. The van der Waals surface area contributed by atoms with Crippen molar-refractivity contribution in [1.82, 2.24) is 0 Å². The van der Waals surface area contributed by atoms with Gasteiger partial charge in [0, 0.05) is 25.0 Å². The first-order valence-corrected chi connectivity index (χ1v) is 10.2. The summed E-state index contributed by atoms with van der Waals surface area (Å²) in [4.78, 5) is 15.2. The minimum absolute atomic E-state index is 0.228. The molecule has 30 heavy (non-hydrogen) atoms. The van der Waals surface area contributed by atoms with Crippen LogP contribution in [0.5, 0.6) is 17.2 Å². The molecule has 0 aromatic heterocycles. The highest BCUT2D eigenvalue weighted by Gasteiger charge is 2.26. The average Bonchev–Trinajstić information content (AvgIpc) is 3.46. The van der Waals surface area contributed by atoms with Gasteiger partial charge in [-0.25, -0.2) is 4.99 Å². The summed E-state index contributed by atoms with van der Waals surface area (Å²) in [5, 5.41) is 9.48. The first-order valence-electron chi connectivity index (χ1n) is 10.2. The van der Waals surface area contributed by atoms with Crippen molar-refractivity contribution in [2.45, 2.75) is 45.8 Å². The van der Waals surface area contributed by atoms with Gasteiger partial charge >= 0.3 is 0 Å². The van der Waals surface area contributed by atoms with Crippen LogP contribution in [-0.2, 0) is 17.8 Å². The van der Waals surface area contributed by atoms with Gasteiger partial charge in [0.1, 0.15) is 30.0 Å². The summed E-state index contributed by atoms with van der Waals surface area (Å²) in [6.45, 7) is 4.22. The molecule has 6 nitrogen and oxygen atoms in total. The lowest BCUT2D eigenvalue weighted by Gasteiger charge is -2.11. The predicted molar refractivity (Wildman–Crippen MR) is 112 cm³/mol. The number of nitriles is 1. The molecule has 1 saturated carbocycles. The molecule has 1 fully saturated rings. The summed E-state index contributed by atoms with van der Waals surface area (Å²) >= 11 is 0. The molecule has 0 saturated heterocycles. The van der Waals surface area contributed by atoms with Crippen LogP contribution >= 0.6 is 0 Å². The van der Waals surface area contributed by atoms with E-state index < -0.39 is 0 Å². The Morgan fingerprint density at radius 1 is 1.17 bits per heavy atom. The molecule has 1 aliphatic carbocycles. The van der Waals surface area contributed by atoms with Gasteiger partial charge in [-0.1, -0.05) is 12.1 Å². The van der Waals surface area contributed by atoms with Gasteiger partial charge in [0.05, 0.1) is 24.0 Å². The first kappa shape index (κ1) is 20.0. The molecule has 1 aliphatic heterocycles. The van der Waals surface area contributed by atoms with E-state index in [2.05, 4.69) is 11.1 Å². The number of hydrogen-bond acceptors (Lipinski definition) is 5. The minimum Gasteiger partial charge on any atom is -0.493 e. The minimum atomic E-state index is -0.229. The molecule has 1 heterocycles. The van der Waals surface area contributed by atoms with Gasteiger partial charge in [-0.15, -0.1) is 0 Å². The van der Waals surface area contributed by atoms with Gasteiger partial charge in [0.25, 0.3) is 0 Å². The molecule has 0 spiro atoms. The van der Waals surface area contributed by atoms with Crippen LogP contribution in [0.4, 0.5) is 0 Å².